The molecule has 162 valence electrons. The molecule has 3 aromatic carbocycles. The average molecular weight is 436 g/mol. The van der Waals surface area contributed by atoms with E-state index < -0.39 is 7.82 Å². The van der Waals surface area contributed by atoms with Crippen molar-refractivity contribution in [2.75, 3.05) is 0 Å². The Morgan fingerprint density at radius 3 is 1.68 bits per heavy atom. The molecule has 4 nitrogen and oxygen atoms in total. The van der Waals surface area contributed by atoms with Gasteiger partial charge in [0.25, 0.3) is 0 Å². The first-order valence-electron chi connectivity index (χ1n) is 10.5. The highest BCUT2D eigenvalue weighted by molar-refractivity contribution is 7.49. The van der Waals surface area contributed by atoms with Gasteiger partial charge in [-0.3, -0.25) is 0 Å². The lowest BCUT2D eigenvalue weighted by Crippen LogP contribution is -2.16. The van der Waals surface area contributed by atoms with Gasteiger partial charge >= 0.3 is 7.82 Å². The highest BCUT2D eigenvalue weighted by atomic mass is 31.2. The van der Waals surface area contributed by atoms with E-state index in [2.05, 4.69) is 32.9 Å². The van der Waals surface area contributed by atoms with Crippen LogP contribution in [0.3, 0.4) is 0 Å². The van der Waals surface area contributed by atoms with Crippen LogP contribution in [0.1, 0.15) is 57.3 Å². The van der Waals surface area contributed by atoms with Crippen molar-refractivity contribution in [1.29, 1.82) is 0 Å². The van der Waals surface area contributed by atoms with Crippen LogP contribution in [-0.4, -0.2) is 0 Å². The summed E-state index contributed by atoms with van der Waals surface area (Å²) >= 11 is 0. The summed E-state index contributed by atoms with van der Waals surface area (Å²) < 4.78 is 32.3. The second-order valence-corrected chi connectivity index (χ2v) is 10.2. The third-order valence-electron chi connectivity index (χ3n) is 5.78. The van der Waals surface area contributed by atoms with Crippen LogP contribution in [0.5, 0.6) is 17.2 Å². The predicted molar refractivity (Wildman–Crippen MR) is 125 cm³/mol. The molecule has 31 heavy (non-hydrogen) atoms. The van der Waals surface area contributed by atoms with E-state index in [4.69, 9.17) is 13.6 Å². The van der Waals surface area contributed by atoms with Crippen molar-refractivity contribution in [3.05, 3.63) is 87.0 Å². The molecule has 0 aliphatic carbocycles. The Morgan fingerprint density at radius 2 is 1.19 bits per heavy atom. The Balaban J connectivity index is 1.93. The van der Waals surface area contributed by atoms with Crippen molar-refractivity contribution in [3.63, 3.8) is 0 Å². The highest BCUT2D eigenvalue weighted by Gasteiger charge is 2.39. The van der Waals surface area contributed by atoms with Gasteiger partial charge in [-0.2, -0.15) is 4.57 Å². The molecular weight excluding hydrogens is 407 g/mol. The molecule has 0 fully saturated rings. The number of fused-ring (bicyclic) bond motifs is 2. The van der Waals surface area contributed by atoms with Crippen LogP contribution in [0.4, 0.5) is 0 Å². The summed E-state index contributed by atoms with van der Waals surface area (Å²) in [7, 11) is -4.02. The minimum absolute atomic E-state index is 0.0112. The van der Waals surface area contributed by atoms with Crippen LogP contribution in [0.25, 0.3) is 0 Å². The first-order valence-corrected chi connectivity index (χ1v) is 12.0. The minimum atomic E-state index is -4.02. The fraction of sp³-hybridized carbons (Fsp3) is 0.308. The maximum Gasteiger partial charge on any atom is 0.647 e. The van der Waals surface area contributed by atoms with Gasteiger partial charge in [0.15, 0.2) is 0 Å². The number of hydrogen-bond acceptors (Lipinski definition) is 4. The standard InChI is InChI=1S/C26H29O4P/c1-15-8-9-24(18(4)10-15)28-31(27)29-25-19(5)11-16(2)13-22(25)21(7)23-14-17(3)12-20(6)26(23)30-31/h8-14,21H,1-7H3. The molecule has 0 aromatic heterocycles. The number of hydrogen-bond donors (Lipinski definition) is 0. The number of aryl methyl sites for hydroxylation is 6. The van der Waals surface area contributed by atoms with Crippen molar-refractivity contribution in [1.82, 2.24) is 0 Å². The smallest absolute Gasteiger partial charge is 0.386 e. The molecule has 5 heteroatoms. The summed E-state index contributed by atoms with van der Waals surface area (Å²) in [6.45, 7) is 14.1. The van der Waals surface area contributed by atoms with E-state index >= 15 is 0 Å². The van der Waals surface area contributed by atoms with Gasteiger partial charge < -0.3 is 13.6 Å². The molecule has 0 radical (unpaired) electrons. The van der Waals surface area contributed by atoms with Gasteiger partial charge in [-0.1, -0.05) is 60.0 Å². The molecule has 0 atom stereocenters. The van der Waals surface area contributed by atoms with Crippen LogP contribution >= 0.6 is 7.82 Å². The van der Waals surface area contributed by atoms with Gasteiger partial charge in [-0.05, 0) is 64.3 Å². The summed E-state index contributed by atoms with van der Waals surface area (Å²) in [5.41, 5.74) is 8.01. The van der Waals surface area contributed by atoms with E-state index in [9.17, 15) is 4.57 Å². The topological polar surface area (TPSA) is 44.8 Å². The van der Waals surface area contributed by atoms with Gasteiger partial charge in [0.1, 0.15) is 17.2 Å². The summed E-state index contributed by atoms with van der Waals surface area (Å²) in [6, 6.07) is 14.0. The first-order chi connectivity index (χ1) is 14.6. The van der Waals surface area contributed by atoms with Crippen molar-refractivity contribution in [2.45, 2.75) is 54.4 Å². The van der Waals surface area contributed by atoms with E-state index in [0.717, 1.165) is 44.5 Å². The van der Waals surface area contributed by atoms with Crippen LogP contribution in [0.2, 0.25) is 0 Å². The van der Waals surface area contributed by atoms with Gasteiger partial charge in [-0.15, -0.1) is 0 Å². The molecule has 3 aromatic rings. The van der Waals surface area contributed by atoms with Crippen LogP contribution in [0.15, 0.2) is 42.5 Å². The summed E-state index contributed by atoms with van der Waals surface area (Å²) in [4.78, 5) is 0. The fourth-order valence-corrected chi connectivity index (χ4v) is 5.84. The molecule has 0 N–H and O–H groups in total. The Morgan fingerprint density at radius 1 is 0.710 bits per heavy atom. The zero-order valence-electron chi connectivity index (χ0n) is 19.2. The largest absolute Gasteiger partial charge is 0.647 e. The molecule has 1 heterocycles. The van der Waals surface area contributed by atoms with Gasteiger partial charge in [0.2, 0.25) is 0 Å². The Labute approximate surface area is 184 Å². The van der Waals surface area contributed by atoms with Crippen molar-refractivity contribution in [2.24, 2.45) is 0 Å². The molecule has 4 rings (SSSR count). The van der Waals surface area contributed by atoms with Crippen molar-refractivity contribution >= 4 is 7.82 Å². The SMILES string of the molecule is Cc1ccc(OP2(=O)Oc3c(C)cc(C)cc3C(C)c3cc(C)cc(C)c3O2)c(C)c1. The molecular formula is C26H29O4P. The Bertz CT molecular complexity index is 1160. The van der Waals surface area contributed by atoms with Gasteiger partial charge in [0.05, 0.1) is 0 Å². The fourth-order valence-electron chi connectivity index (χ4n) is 4.34. The molecule has 1 aliphatic rings. The molecule has 0 saturated carbocycles. The molecule has 0 saturated heterocycles. The van der Waals surface area contributed by atoms with Crippen LogP contribution < -0.4 is 13.6 Å². The quantitative estimate of drug-likeness (QED) is 0.387. The number of benzene rings is 3. The van der Waals surface area contributed by atoms with E-state index in [1.54, 1.807) is 0 Å². The monoisotopic (exact) mass is 436 g/mol. The van der Waals surface area contributed by atoms with Crippen molar-refractivity contribution < 1.29 is 18.1 Å². The maximum absolute atomic E-state index is 14.1. The van der Waals surface area contributed by atoms with Crippen molar-refractivity contribution in [3.8, 4) is 17.2 Å². The third-order valence-corrected chi connectivity index (χ3v) is 7.01. The van der Waals surface area contributed by atoms with Crippen LogP contribution in [0, 0.1) is 41.5 Å². The Kier molecular flexibility index (Phi) is 5.39. The third kappa shape index (κ3) is 4.09. The molecule has 0 amide bonds. The van der Waals surface area contributed by atoms with Crippen LogP contribution in [-0.2, 0) is 4.57 Å². The lowest BCUT2D eigenvalue weighted by Gasteiger charge is -2.30. The molecule has 0 unspecified atom stereocenters. The number of rotatable bonds is 2. The van der Waals surface area contributed by atoms with E-state index in [0.29, 0.717) is 17.2 Å². The first kappa shape index (κ1) is 21.5. The minimum Gasteiger partial charge on any atom is -0.386 e. The zero-order chi connectivity index (χ0) is 22.5. The molecule has 0 bridgehead atoms. The predicted octanol–water partition coefficient (Wildman–Crippen LogP) is 7.65. The van der Waals surface area contributed by atoms with Gasteiger partial charge in [0, 0.05) is 17.0 Å². The van der Waals surface area contributed by atoms with Gasteiger partial charge in [-0.25, -0.2) is 0 Å². The van der Waals surface area contributed by atoms with E-state index in [-0.39, 0.29) is 5.92 Å². The maximum atomic E-state index is 14.1. The summed E-state index contributed by atoms with van der Waals surface area (Å²) in [5, 5.41) is 0. The summed E-state index contributed by atoms with van der Waals surface area (Å²) in [6.07, 6.45) is 0. The zero-order valence-corrected chi connectivity index (χ0v) is 20.1. The van der Waals surface area contributed by atoms with E-state index in [1.165, 1.54) is 0 Å². The molecule has 1 aliphatic heterocycles. The second kappa shape index (κ2) is 7.76. The highest BCUT2D eigenvalue weighted by Crippen LogP contribution is 2.56. The normalized spacial score (nSPS) is 19.9. The average Bonchev–Trinajstić information content (AvgIpc) is 2.67. The Hall–Kier alpha value is -2.71. The second-order valence-electron chi connectivity index (χ2n) is 8.71. The number of phosphoric ester groups is 1. The lowest BCUT2D eigenvalue weighted by molar-refractivity contribution is 0.290. The van der Waals surface area contributed by atoms with E-state index in [1.807, 2.05) is 58.0 Å². The number of phosphoric acid groups is 1. The summed E-state index contributed by atoms with van der Waals surface area (Å²) in [5.74, 6) is 1.63. The molecule has 0 spiro atoms. The lowest BCUT2D eigenvalue weighted by atomic mass is 9.87.